The largest absolute Gasteiger partial charge is 0.315 e. The highest BCUT2D eigenvalue weighted by molar-refractivity contribution is 5.00. The van der Waals surface area contributed by atoms with Crippen LogP contribution in [-0.2, 0) is 13.5 Å². The Balaban J connectivity index is 1.65. The van der Waals surface area contributed by atoms with E-state index in [4.69, 9.17) is 0 Å². The molecule has 0 saturated carbocycles. The molecule has 0 radical (unpaired) electrons. The topological polar surface area (TPSA) is 33.1 Å². The van der Waals surface area contributed by atoms with Crippen LogP contribution >= 0.6 is 0 Å². The van der Waals surface area contributed by atoms with Crippen LogP contribution in [0, 0.1) is 0 Å². The van der Waals surface area contributed by atoms with E-state index in [0.717, 1.165) is 25.6 Å². The average Bonchev–Trinajstić information content (AvgIpc) is 2.93. The summed E-state index contributed by atoms with van der Waals surface area (Å²) in [4.78, 5) is 2.58. The van der Waals surface area contributed by atoms with Crippen molar-refractivity contribution in [3.05, 3.63) is 18.0 Å². The van der Waals surface area contributed by atoms with E-state index in [0.29, 0.717) is 0 Å². The molecule has 4 nitrogen and oxygen atoms in total. The van der Waals surface area contributed by atoms with Crippen LogP contribution in [0.25, 0.3) is 0 Å². The van der Waals surface area contributed by atoms with Crippen molar-refractivity contribution in [2.24, 2.45) is 7.05 Å². The average molecular weight is 236 g/mol. The third kappa shape index (κ3) is 3.30. The highest BCUT2D eigenvalue weighted by atomic mass is 15.3. The van der Waals surface area contributed by atoms with E-state index in [9.17, 15) is 0 Å². The molecule has 17 heavy (non-hydrogen) atoms. The van der Waals surface area contributed by atoms with Crippen molar-refractivity contribution >= 4 is 0 Å². The maximum absolute atomic E-state index is 4.18. The number of rotatable bonds is 6. The van der Waals surface area contributed by atoms with Crippen molar-refractivity contribution in [3.8, 4) is 0 Å². The normalized spacial score (nSPS) is 21.2. The SMILES string of the molecule is CCN1CCCC1CNCCc1ccnn1C. The summed E-state index contributed by atoms with van der Waals surface area (Å²) in [6.07, 6.45) is 5.65. The Labute approximate surface area is 104 Å². The zero-order chi connectivity index (χ0) is 12.1. The Morgan fingerprint density at radius 2 is 2.41 bits per heavy atom. The summed E-state index contributed by atoms with van der Waals surface area (Å²) in [5, 5.41) is 7.75. The molecule has 1 unspecified atom stereocenters. The molecule has 0 aliphatic carbocycles. The number of likely N-dealkylation sites (tertiary alicyclic amines) is 1. The second-order valence-electron chi connectivity index (χ2n) is 4.82. The van der Waals surface area contributed by atoms with Gasteiger partial charge in [0.1, 0.15) is 0 Å². The fourth-order valence-corrected chi connectivity index (χ4v) is 2.67. The lowest BCUT2D eigenvalue weighted by atomic mass is 10.2. The molecule has 0 spiro atoms. The van der Waals surface area contributed by atoms with E-state index in [1.807, 2.05) is 17.9 Å². The van der Waals surface area contributed by atoms with Gasteiger partial charge in [0, 0.05) is 44.5 Å². The standard InChI is InChI=1S/C13H24N4/c1-3-17-10-4-5-13(17)11-14-8-6-12-7-9-15-16(12)2/h7,9,13-14H,3-6,8,10-11H2,1-2H3. The van der Waals surface area contributed by atoms with Gasteiger partial charge in [-0.1, -0.05) is 6.92 Å². The lowest BCUT2D eigenvalue weighted by molar-refractivity contribution is 0.260. The van der Waals surface area contributed by atoms with Gasteiger partial charge in [0.15, 0.2) is 0 Å². The Hall–Kier alpha value is -0.870. The number of hydrogen-bond acceptors (Lipinski definition) is 3. The summed E-state index contributed by atoms with van der Waals surface area (Å²) in [6, 6.07) is 2.85. The first-order chi connectivity index (χ1) is 8.31. The molecule has 2 rings (SSSR count). The quantitative estimate of drug-likeness (QED) is 0.749. The van der Waals surface area contributed by atoms with Crippen LogP contribution in [0.3, 0.4) is 0 Å². The molecule has 1 aromatic heterocycles. The van der Waals surface area contributed by atoms with Crippen molar-refractivity contribution < 1.29 is 0 Å². The molecule has 1 saturated heterocycles. The van der Waals surface area contributed by atoms with E-state index < -0.39 is 0 Å². The summed E-state index contributed by atoms with van der Waals surface area (Å²) in [5.74, 6) is 0. The van der Waals surface area contributed by atoms with Gasteiger partial charge in [-0.2, -0.15) is 5.10 Å². The summed E-state index contributed by atoms with van der Waals surface area (Å²) in [6.45, 7) is 6.91. The Morgan fingerprint density at radius 1 is 1.53 bits per heavy atom. The van der Waals surface area contributed by atoms with Crippen molar-refractivity contribution in [2.45, 2.75) is 32.2 Å². The van der Waals surface area contributed by atoms with Gasteiger partial charge in [0.2, 0.25) is 0 Å². The molecule has 1 atom stereocenters. The molecular weight excluding hydrogens is 212 g/mol. The fraction of sp³-hybridized carbons (Fsp3) is 0.769. The van der Waals surface area contributed by atoms with Crippen LogP contribution in [0.15, 0.2) is 12.3 Å². The van der Waals surface area contributed by atoms with Crippen LogP contribution in [0.4, 0.5) is 0 Å². The monoisotopic (exact) mass is 236 g/mol. The smallest absolute Gasteiger partial charge is 0.0492 e. The molecule has 96 valence electrons. The van der Waals surface area contributed by atoms with Crippen molar-refractivity contribution in [3.63, 3.8) is 0 Å². The molecule has 1 aliphatic rings. The Kier molecular flexibility index (Phi) is 4.57. The number of aromatic nitrogens is 2. The predicted molar refractivity (Wildman–Crippen MR) is 70.1 cm³/mol. The Bertz CT molecular complexity index is 334. The molecule has 0 bridgehead atoms. The zero-order valence-corrected chi connectivity index (χ0v) is 11.0. The van der Waals surface area contributed by atoms with Crippen LogP contribution in [0.2, 0.25) is 0 Å². The number of hydrogen-bond donors (Lipinski definition) is 1. The first-order valence-electron chi connectivity index (χ1n) is 6.73. The van der Waals surface area contributed by atoms with Gasteiger partial charge >= 0.3 is 0 Å². The van der Waals surface area contributed by atoms with Crippen LogP contribution in [-0.4, -0.2) is 46.9 Å². The molecule has 4 heteroatoms. The molecule has 1 aliphatic heterocycles. The maximum Gasteiger partial charge on any atom is 0.0492 e. The molecular formula is C13H24N4. The lowest BCUT2D eigenvalue weighted by Gasteiger charge is -2.22. The highest BCUT2D eigenvalue weighted by Crippen LogP contribution is 2.15. The summed E-state index contributed by atoms with van der Waals surface area (Å²) >= 11 is 0. The summed E-state index contributed by atoms with van der Waals surface area (Å²) in [7, 11) is 2.01. The molecule has 0 amide bonds. The van der Waals surface area contributed by atoms with Gasteiger partial charge in [-0.05, 0) is 32.0 Å². The highest BCUT2D eigenvalue weighted by Gasteiger charge is 2.21. The van der Waals surface area contributed by atoms with Gasteiger partial charge in [0.25, 0.3) is 0 Å². The zero-order valence-electron chi connectivity index (χ0n) is 11.0. The van der Waals surface area contributed by atoms with Gasteiger partial charge in [-0.15, -0.1) is 0 Å². The first kappa shape index (κ1) is 12.6. The fourth-order valence-electron chi connectivity index (χ4n) is 2.67. The van der Waals surface area contributed by atoms with E-state index in [1.165, 1.54) is 31.6 Å². The van der Waals surface area contributed by atoms with E-state index in [2.05, 4.69) is 28.3 Å². The third-order valence-corrected chi connectivity index (χ3v) is 3.77. The molecule has 2 heterocycles. The lowest BCUT2D eigenvalue weighted by Crippen LogP contribution is -2.38. The molecule has 1 fully saturated rings. The molecule has 1 aromatic rings. The van der Waals surface area contributed by atoms with E-state index in [1.54, 1.807) is 0 Å². The van der Waals surface area contributed by atoms with Gasteiger partial charge < -0.3 is 5.32 Å². The van der Waals surface area contributed by atoms with Crippen molar-refractivity contribution in [1.82, 2.24) is 20.0 Å². The summed E-state index contributed by atoms with van der Waals surface area (Å²) < 4.78 is 1.95. The predicted octanol–water partition coefficient (Wildman–Crippen LogP) is 1.04. The van der Waals surface area contributed by atoms with Gasteiger partial charge in [0.05, 0.1) is 0 Å². The number of nitrogens with zero attached hydrogens (tertiary/aromatic N) is 3. The minimum atomic E-state index is 0.756. The number of aryl methyl sites for hydroxylation is 1. The van der Waals surface area contributed by atoms with Crippen molar-refractivity contribution in [1.29, 1.82) is 0 Å². The van der Waals surface area contributed by atoms with E-state index in [-0.39, 0.29) is 0 Å². The third-order valence-electron chi connectivity index (χ3n) is 3.77. The van der Waals surface area contributed by atoms with Gasteiger partial charge in [-0.25, -0.2) is 0 Å². The van der Waals surface area contributed by atoms with Crippen LogP contribution < -0.4 is 5.32 Å². The maximum atomic E-state index is 4.18. The second kappa shape index (κ2) is 6.17. The first-order valence-corrected chi connectivity index (χ1v) is 6.73. The van der Waals surface area contributed by atoms with Crippen molar-refractivity contribution in [2.75, 3.05) is 26.2 Å². The van der Waals surface area contributed by atoms with Crippen LogP contribution in [0.5, 0.6) is 0 Å². The minimum absolute atomic E-state index is 0.756. The van der Waals surface area contributed by atoms with Crippen LogP contribution in [0.1, 0.15) is 25.5 Å². The minimum Gasteiger partial charge on any atom is -0.315 e. The Morgan fingerprint density at radius 3 is 3.12 bits per heavy atom. The van der Waals surface area contributed by atoms with Gasteiger partial charge in [-0.3, -0.25) is 9.58 Å². The number of likely N-dealkylation sites (N-methyl/N-ethyl adjacent to an activating group) is 1. The molecule has 0 aromatic carbocycles. The summed E-state index contributed by atoms with van der Waals surface area (Å²) in [5.41, 5.74) is 1.30. The molecule has 1 N–H and O–H groups in total. The van der Waals surface area contributed by atoms with E-state index >= 15 is 0 Å². The second-order valence-corrected chi connectivity index (χ2v) is 4.82. The number of nitrogens with one attached hydrogen (secondary N) is 1.